The van der Waals surface area contributed by atoms with Gasteiger partial charge in [-0.2, -0.15) is 0 Å². The molecule has 4 aromatic carbocycles. The zero-order chi connectivity index (χ0) is 26.5. The number of rotatable bonds is 6. The molecule has 0 bridgehead atoms. The van der Waals surface area contributed by atoms with E-state index in [-0.39, 0.29) is 35.8 Å². The molecule has 0 spiro atoms. The molecular weight excluding hydrogens is 486 g/mol. The van der Waals surface area contributed by atoms with E-state index in [9.17, 15) is 14.4 Å². The van der Waals surface area contributed by atoms with Crippen LogP contribution in [0.5, 0.6) is 0 Å². The molecule has 0 saturated carbocycles. The van der Waals surface area contributed by atoms with Gasteiger partial charge < -0.3 is 16.0 Å². The third-order valence-electron chi connectivity index (χ3n) is 8.20. The van der Waals surface area contributed by atoms with E-state index in [0.717, 1.165) is 36.0 Å². The van der Waals surface area contributed by atoms with Gasteiger partial charge in [-0.1, -0.05) is 72.8 Å². The quantitative estimate of drug-likeness (QED) is 0.347. The molecule has 3 N–H and O–H groups in total. The van der Waals surface area contributed by atoms with Gasteiger partial charge in [0.25, 0.3) is 17.7 Å². The van der Waals surface area contributed by atoms with Gasteiger partial charge in [0.15, 0.2) is 0 Å². The summed E-state index contributed by atoms with van der Waals surface area (Å²) in [5.74, 6) is -0.913. The first-order chi connectivity index (χ1) is 19.0. The van der Waals surface area contributed by atoms with Crippen molar-refractivity contribution in [3.63, 3.8) is 0 Å². The molecule has 0 saturated heterocycles. The number of amides is 3. The van der Waals surface area contributed by atoms with Crippen molar-refractivity contribution >= 4 is 17.7 Å². The molecule has 0 radical (unpaired) electrons. The maximum atomic E-state index is 13.3. The minimum atomic E-state index is -0.304. The number of carbonyl (C=O) groups is 3. The van der Waals surface area contributed by atoms with Crippen molar-refractivity contribution in [2.75, 3.05) is 0 Å². The second kappa shape index (κ2) is 9.24. The lowest BCUT2D eigenvalue weighted by Crippen LogP contribution is -2.38. The smallest absolute Gasteiger partial charge is 0.251 e. The van der Waals surface area contributed by atoms with Gasteiger partial charge in [-0.25, -0.2) is 0 Å². The van der Waals surface area contributed by atoms with Crippen LogP contribution in [0.3, 0.4) is 0 Å². The molecule has 0 fully saturated rings. The average molecular weight is 514 g/mol. The highest BCUT2D eigenvalue weighted by molar-refractivity contribution is 6.05. The van der Waals surface area contributed by atoms with E-state index in [1.807, 2.05) is 54.6 Å². The van der Waals surface area contributed by atoms with Gasteiger partial charge in [-0.15, -0.1) is 0 Å². The van der Waals surface area contributed by atoms with Gasteiger partial charge in [0.1, 0.15) is 0 Å². The van der Waals surface area contributed by atoms with Crippen LogP contribution in [0.15, 0.2) is 91.0 Å². The van der Waals surface area contributed by atoms with Crippen LogP contribution in [0.25, 0.3) is 0 Å². The number of hydrogen-bond donors (Lipinski definition) is 3. The largest absolute Gasteiger partial charge is 0.345 e. The summed E-state index contributed by atoms with van der Waals surface area (Å²) in [7, 11) is 0. The summed E-state index contributed by atoms with van der Waals surface area (Å²) in [4.78, 5) is 40.0. The van der Waals surface area contributed by atoms with E-state index in [2.05, 4.69) is 34.1 Å². The Hall–Kier alpha value is -4.71. The van der Waals surface area contributed by atoms with Crippen LogP contribution >= 0.6 is 0 Å². The van der Waals surface area contributed by atoms with Gasteiger partial charge >= 0.3 is 0 Å². The van der Waals surface area contributed by atoms with E-state index in [1.54, 1.807) is 18.2 Å². The van der Waals surface area contributed by atoms with Gasteiger partial charge in [-0.3, -0.25) is 14.4 Å². The number of hydrogen-bond acceptors (Lipinski definition) is 3. The molecule has 192 valence electrons. The molecule has 0 heterocycles. The Bertz CT molecular complexity index is 1450. The minimum Gasteiger partial charge on any atom is -0.345 e. The third kappa shape index (κ3) is 4.18. The van der Waals surface area contributed by atoms with Crippen molar-refractivity contribution in [3.8, 4) is 0 Å². The van der Waals surface area contributed by atoms with Gasteiger partial charge in [0.05, 0.1) is 18.1 Å². The molecule has 0 aromatic heterocycles. The van der Waals surface area contributed by atoms with Crippen LogP contribution in [0.4, 0.5) is 0 Å². The predicted octanol–water partition coefficient (Wildman–Crippen LogP) is 4.77. The van der Waals surface area contributed by atoms with Crippen molar-refractivity contribution in [3.05, 3.63) is 141 Å². The summed E-state index contributed by atoms with van der Waals surface area (Å²) in [6, 6.07) is 28.6. The van der Waals surface area contributed by atoms with Crippen LogP contribution in [0.1, 0.15) is 82.6 Å². The molecule has 4 aromatic rings. The minimum absolute atomic E-state index is 0.0820. The molecule has 3 unspecified atom stereocenters. The molecule has 7 rings (SSSR count). The van der Waals surface area contributed by atoms with E-state index < -0.39 is 0 Å². The number of fused-ring (bicyclic) bond motifs is 3. The Labute approximate surface area is 226 Å². The van der Waals surface area contributed by atoms with E-state index in [1.165, 1.54) is 16.7 Å². The van der Waals surface area contributed by atoms with Crippen LogP contribution in [-0.4, -0.2) is 17.7 Å². The normalized spacial score (nSPS) is 19.5. The molecule has 3 aliphatic rings. The summed E-state index contributed by atoms with van der Waals surface area (Å²) >= 11 is 0. The first-order valence-corrected chi connectivity index (χ1v) is 13.3. The molecular formula is C33H27N3O3. The lowest BCUT2D eigenvalue weighted by Gasteiger charge is -2.31. The molecule has 39 heavy (non-hydrogen) atoms. The molecule has 6 nitrogen and oxygen atoms in total. The molecule has 3 amide bonds. The van der Waals surface area contributed by atoms with E-state index >= 15 is 0 Å². The summed E-state index contributed by atoms with van der Waals surface area (Å²) < 4.78 is 0. The first kappa shape index (κ1) is 23.4. The lowest BCUT2D eigenvalue weighted by atomic mass is 9.83. The van der Waals surface area contributed by atoms with Gasteiger partial charge in [-0.05, 0) is 70.8 Å². The highest BCUT2D eigenvalue weighted by atomic mass is 16.2. The Morgan fingerprint density at radius 3 is 1.03 bits per heavy atom. The lowest BCUT2D eigenvalue weighted by molar-refractivity contribution is 0.0931. The highest BCUT2D eigenvalue weighted by Crippen LogP contribution is 2.35. The summed E-state index contributed by atoms with van der Waals surface area (Å²) in [6.07, 6.45) is 2.28. The van der Waals surface area contributed by atoms with Crippen LogP contribution in [0, 0.1) is 0 Å². The maximum Gasteiger partial charge on any atom is 0.251 e. The van der Waals surface area contributed by atoms with Crippen LogP contribution in [-0.2, 0) is 19.3 Å². The van der Waals surface area contributed by atoms with Gasteiger partial charge in [0.2, 0.25) is 0 Å². The fourth-order valence-corrected chi connectivity index (χ4v) is 5.91. The fraction of sp³-hybridized carbons (Fsp3) is 0.182. The molecule has 6 heteroatoms. The monoisotopic (exact) mass is 513 g/mol. The Morgan fingerprint density at radius 1 is 0.462 bits per heavy atom. The van der Waals surface area contributed by atoms with E-state index in [4.69, 9.17) is 0 Å². The van der Waals surface area contributed by atoms with Crippen molar-refractivity contribution in [2.24, 2.45) is 0 Å². The van der Waals surface area contributed by atoms with Crippen LogP contribution < -0.4 is 16.0 Å². The molecule has 0 aliphatic heterocycles. The Balaban J connectivity index is 1.14. The standard InChI is InChI=1S/C33H27N3O3/c37-31(34-28-16-19-7-1-4-10-25(19)28)22-13-23(32(38)35-29-17-20-8-2-5-11-26(20)29)15-24(14-22)33(39)36-30-18-21-9-3-6-12-27(21)30/h1-15,28-30H,16-18H2,(H,34,37)(H,35,38)(H,36,39). The average Bonchev–Trinajstić information content (AvgIpc) is 2.92. The van der Waals surface area contributed by atoms with Crippen molar-refractivity contribution in [2.45, 2.75) is 37.4 Å². The second-order valence-electron chi connectivity index (χ2n) is 10.6. The SMILES string of the molecule is O=C(NC1Cc2ccccc21)c1cc(C(=O)NC2Cc3ccccc32)cc(C(=O)NC2Cc3ccccc32)c1. The molecule has 3 atom stereocenters. The Kier molecular flexibility index (Phi) is 5.55. The third-order valence-corrected chi connectivity index (χ3v) is 8.20. The zero-order valence-electron chi connectivity index (χ0n) is 21.2. The number of carbonyl (C=O) groups excluding carboxylic acids is 3. The second-order valence-corrected chi connectivity index (χ2v) is 10.6. The summed E-state index contributed by atoms with van der Waals surface area (Å²) in [5, 5.41) is 9.21. The first-order valence-electron chi connectivity index (χ1n) is 13.3. The van der Waals surface area contributed by atoms with Crippen molar-refractivity contribution in [1.29, 1.82) is 0 Å². The number of benzene rings is 4. The van der Waals surface area contributed by atoms with Crippen LogP contribution in [0.2, 0.25) is 0 Å². The zero-order valence-corrected chi connectivity index (χ0v) is 21.2. The summed E-state index contributed by atoms with van der Waals surface area (Å²) in [6.45, 7) is 0. The van der Waals surface area contributed by atoms with Gasteiger partial charge in [0, 0.05) is 16.7 Å². The topological polar surface area (TPSA) is 87.3 Å². The predicted molar refractivity (Wildman–Crippen MR) is 148 cm³/mol. The number of nitrogens with one attached hydrogen (secondary N) is 3. The van der Waals surface area contributed by atoms with Crippen molar-refractivity contribution < 1.29 is 14.4 Å². The highest BCUT2D eigenvalue weighted by Gasteiger charge is 2.31. The van der Waals surface area contributed by atoms with Crippen molar-refractivity contribution in [1.82, 2.24) is 16.0 Å². The summed E-state index contributed by atoms with van der Waals surface area (Å²) in [5.41, 5.74) is 7.84. The Morgan fingerprint density at radius 2 is 0.744 bits per heavy atom. The molecule has 3 aliphatic carbocycles. The van der Waals surface area contributed by atoms with E-state index in [0.29, 0.717) is 16.7 Å². The maximum absolute atomic E-state index is 13.3. The fourth-order valence-electron chi connectivity index (χ4n) is 5.91.